The summed E-state index contributed by atoms with van der Waals surface area (Å²) in [6, 6.07) is 9.89. The highest BCUT2D eigenvalue weighted by molar-refractivity contribution is 5.78. The van der Waals surface area contributed by atoms with Crippen LogP contribution in [0.25, 0.3) is 0 Å². The lowest BCUT2D eigenvalue weighted by Crippen LogP contribution is -2.45. The standard InChI is InChI=1S/C16H21NO3/c1-19-16(18)15(12-5-3-2-4-6-12)11-17-9-13-7-8-14(10-17)20-13/h2-6,13-15H,7-11H2,1H3. The Labute approximate surface area is 119 Å². The van der Waals surface area contributed by atoms with Crippen molar-refractivity contribution in [2.75, 3.05) is 26.7 Å². The number of benzene rings is 1. The summed E-state index contributed by atoms with van der Waals surface area (Å²) in [5.74, 6) is -0.367. The second-order valence-electron chi connectivity index (χ2n) is 5.66. The maximum absolute atomic E-state index is 12.1. The van der Waals surface area contributed by atoms with Gasteiger partial charge in [0.15, 0.2) is 0 Å². The zero-order valence-corrected chi connectivity index (χ0v) is 11.8. The Morgan fingerprint density at radius 3 is 2.55 bits per heavy atom. The number of ether oxygens (including phenoxy) is 2. The van der Waals surface area contributed by atoms with E-state index in [2.05, 4.69) is 4.90 Å². The quantitative estimate of drug-likeness (QED) is 0.786. The number of esters is 1. The van der Waals surface area contributed by atoms with E-state index < -0.39 is 0 Å². The van der Waals surface area contributed by atoms with Crippen LogP contribution in [0.15, 0.2) is 30.3 Å². The number of morpholine rings is 1. The first kappa shape index (κ1) is 13.6. The van der Waals surface area contributed by atoms with Crippen LogP contribution in [-0.2, 0) is 14.3 Å². The summed E-state index contributed by atoms with van der Waals surface area (Å²) in [6.07, 6.45) is 3.00. The van der Waals surface area contributed by atoms with Crippen molar-refractivity contribution in [3.8, 4) is 0 Å². The highest BCUT2D eigenvalue weighted by Gasteiger charge is 2.35. The molecule has 4 heteroatoms. The van der Waals surface area contributed by atoms with Crippen molar-refractivity contribution in [3.05, 3.63) is 35.9 Å². The molecule has 0 spiro atoms. The smallest absolute Gasteiger partial charge is 0.314 e. The zero-order chi connectivity index (χ0) is 13.9. The predicted octanol–water partition coefficient (Wildman–Crippen LogP) is 1.81. The van der Waals surface area contributed by atoms with Crippen LogP contribution in [0.5, 0.6) is 0 Å². The molecule has 0 aromatic heterocycles. The van der Waals surface area contributed by atoms with Gasteiger partial charge in [-0.2, -0.15) is 0 Å². The molecule has 0 saturated carbocycles. The van der Waals surface area contributed by atoms with Gasteiger partial charge in [-0.1, -0.05) is 30.3 Å². The van der Waals surface area contributed by atoms with Crippen molar-refractivity contribution < 1.29 is 14.3 Å². The second-order valence-corrected chi connectivity index (χ2v) is 5.66. The van der Waals surface area contributed by atoms with Crippen molar-refractivity contribution in [1.82, 2.24) is 4.90 Å². The number of rotatable bonds is 4. The van der Waals surface area contributed by atoms with Gasteiger partial charge in [-0.05, 0) is 18.4 Å². The first-order valence-electron chi connectivity index (χ1n) is 7.27. The third-order valence-corrected chi connectivity index (χ3v) is 4.25. The van der Waals surface area contributed by atoms with E-state index in [1.165, 1.54) is 7.11 Å². The third kappa shape index (κ3) is 2.86. The number of nitrogens with zero attached hydrogens (tertiary/aromatic N) is 1. The molecule has 0 amide bonds. The fourth-order valence-electron chi connectivity index (χ4n) is 3.25. The topological polar surface area (TPSA) is 38.8 Å². The molecule has 2 aliphatic heterocycles. The molecule has 3 rings (SSSR count). The number of carbonyl (C=O) groups excluding carboxylic acids is 1. The lowest BCUT2D eigenvalue weighted by atomic mass is 9.98. The first-order valence-corrected chi connectivity index (χ1v) is 7.27. The summed E-state index contributed by atoms with van der Waals surface area (Å²) in [7, 11) is 1.46. The number of methoxy groups -OCH3 is 1. The minimum Gasteiger partial charge on any atom is -0.469 e. The summed E-state index contributed by atoms with van der Waals surface area (Å²) < 4.78 is 10.8. The van der Waals surface area contributed by atoms with Crippen molar-refractivity contribution >= 4 is 5.97 Å². The summed E-state index contributed by atoms with van der Waals surface area (Å²) in [5.41, 5.74) is 1.03. The molecule has 2 bridgehead atoms. The zero-order valence-electron chi connectivity index (χ0n) is 11.8. The van der Waals surface area contributed by atoms with Gasteiger partial charge in [0, 0.05) is 19.6 Å². The molecule has 2 aliphatic rings. The number of fused-ring (bicyclic) bond motifs is 2. The minimum atomic E-state index is -0.210. The number of hydrogen-bond acceptors (Lipinski definition) is 4. The molecular weight excluding hydrogens is 254 g/mol. The first-order chi connectivity index (χ1) is 9.76. The molecule has 108 valence electrons. The summed E-state index contributed by atoms with van der Waals surface area (Å²) in [5, 5.41) is 0. The van der Waals surface area contributed by atoms with Gasteiger partial charge >= 0.3 is 5.97 Å². The van der Waals surface area contributed by atoms with Gasteiger partial charge in [-0.3, -0.25) is 9.69 Å². The van der Waals surface area contributed by atoms with Gasteiger partial charge < -0.3 is 9.47 Å². The summed E-state index contributed by atoms with van der Waals surface area (Å²) in [4.78, 5) is 14.4. The molecule has 0 N–H and O–H groups in total. The largest absolute Gasteiger partial charge is 0.469 e. The Kier molecular flexibility index (Phi) is 4.03. The van der Waals surface area contributed by atoms with Crippen LogP contribution in [0.3, 0.4) is 0 Å². The van der Waals surface area contributed by atoms with Gasteiger partial charge in [0.05, 0.1) is 25.2 Å². The van der Waals surface area contributed by atoms with Crippen LogP contribution < -0.4 is 0 Å². The second kappa shape index (κ2) is 5.94. The van der Waals surface area contributed by atoms with Crippen LogP contribution in [0.2, 0.25) is 0 Å². The lowest BCUT2D eigenvalue weighted by molar-refractivity contribution is -0.143. The molecule has 1 aromatic carbocycles. The Hall–Kier alpha value is -1.39. The molecule has 4 nitrogen and oxygen atoms in total. The predicted molar refractivity (Wildman–Crippen MR) is 75.5 cm³/mol. The van der Waals surface area contributed by atoms with E-state index in [4.69, 9.17) is 9.47 Å². The van der Waals surface area contributed by atoms with Crippen LogP contribution in [0.4, 0.5) is 0 Å². The Bertz CT molecular complexity index is 450. The van der Waals surface area contributed by atoms with Gasteiger partial charge in [-0.15, -0.1) is 0 Å². The summed E-state index contributed by atoms with van der Waals surface area (Å²) in [6.45, 7) is 2.57. The summed E-state index contributed by atoms with van der Waals surface area (Å²) >= 11 is 0. The average Bonchev–Trinajstić information content (AvgIpc) is 2.84. The Morgan fingerprint density at radius 2 is 1.95 bits per heavy atom. The number of likely N-dealkylation sites (tertiary alicyclic amines) is 1. The van der Waals surface area contributed by atoms with Crippen molar-refractivity contribution in [1.29, 1.82) is 0 Å². The van der Waals surface area contributed by atoms with Crippen molar-refractivity contribution in [3.63, 3.8) is 0 Å². The van der Waals surface area contributed by atoms with E-state index in [9.17, 15) is 4.79 Å². The van der Waals surface area contributed by atoms with Crippen molar-refractivity contribution in [2.45, 2.75) is 31.0 Å². The molecule has 2 heterocycles. The normalized spacial score (nSPS) is 27.2. The molecule has 0 radical (unpaired) electrons. The fraction of sp³-hybridized carbons (Fsp3) is 0.562. The Morgan fingerprint density at radius 1 is 1.30 bits per heavy atom. The number of hydrogen-bond donors (Lipinski definition) is 0. The Balaban J connectivity index is 1.72. The monoisotopic (exact) mass is 275 g/mol. The van der Waals surface area contributed by atoms with E-state index in [0.717, 1.165) is 31.5 Å². The molecule has 20 heavy (non-hydrogen) atoms. The molecule has 3 unspecified atom stereocenters. The maximum atomic E-state index is 12.1. The van der Waals surface area contributed by atoms with E-state index in [1.54, 1.807) is 0 Å². The lowest BCUT2D eigenvalue weighted by Gasteiger charge is -2.34. The average molecular weight is 275 g/mol. The van der Waals surface area contributed by atoms with Gasteiger partial charge in [0.1, 0.15) is 0 Å². The molecule has 1 aromatic rings. The van der Waals surface area contributed by atoms with Crippen LogP contribution in [0, 0.1) is 0 Å². The van der Waals surface area contributed by atoms with Crippen LogP contribution >= 0.6 is 0 Å². The van der Waals surface area contributed by atoms with Crippen LogP contribution in [-0.4, -0.2) is 49.8 Å². The third-order valence-electron chi connectivity index (χ3n) is 4.25. The number of carbonyl (C=O) groups is 1. The van der Waals surface area contributed by atoms with Crippen molar-refractivity contribution in [2.24, 2.45) is 0 Å². The van der Waals surface area contributed by atoms with E-state index in [-0.39, 0.29) is 11.9 Å². The van der Waals surface area contributed by atoms with E-state index in [0.29, 0.717) is 18.8 Å². The fourth-order valence-corrected chi connectivity index (χ4v) is 3.25. The highest BCUT2D eigenvalue weighted by atomic mass is 16.5. The molecule has 2 saturated heterocycles. The van der Waals surface area contributed by atoms with Gasteiger partial charge in [-0.25, -0.2) is 0 Å². The van der Waals surface area contributed by atoms with Gasteiger partial charge in [0.25, 0.3) is 0 Å². The molecule has 2 fully saturated rings. The SMILES string of the molecule is COC(=O)C(CN1CC2CCC(C1)O2)c1ccccc1. The van der Waals surface area contributed by atoms with E-state index in [1.807, 2.05) is 30.3 Å². The minimum absolute atomic E-state index is 0.157. The molecular formula is C16H21NO3. The molecule has 0 aliphatic carbocycles. The maximum Gasteiger partial charge on any atom is 0.314 e. The molecule has 3 atom stereocenters. The van der Waals surface area contributed by atoms with Gasteiger partial charge in [0.2, 0.25) is 0 Å². The van der Waals surface area contributed by atoms with E-state index >= 15 is 0 Å². The highest BCUT2D eigenvalue weighted by Crippen LogP contribution is 2.28. The van der Waals surface area contributed by atoms with Crippen LogP contribution in [0.1, 0.15) is 24.3 Å².